The molecule has 0 unspecified atom stereocenters. The van der Waals surface area contributed by atoms with Crippen LogP contribution in [0.1, 0.15) is 52.2 Å². The van der Waals surface area contributed by atoms with Gasteiger partial charge in [-0.3, -0.25) is 19.2 Å². The summed E-state index contributed by atoms with van der Waals surface area (Å²) in [4.78, 5) is 29.8. The topological polar surface area (TPSA) is 94.3 Å². The second-order valence-corrected chi connectivity index (χ2v) is 9.28. The number of aromatic nitrogens is 2. The number of likely N-dealkylation sites (tertiary alicyclic amines) is 1. The minimum atomic E-state index is -4.13. The largest absolute Gasteiger partial charge is 0.389 e. The van der Waals surface area contributed by atoms with E-state index in [0.29, 0.717) is 49.7 Å². The first-order valence-electron chi connectivity index (χ1n) is 12.8. The molecular weight excluding hydrogens is 509 g/mol. The van der Waals surface area contributed by atoms with Gasteiger partial charge in [-0.2, -0.15) is 23.5 Å². The molecule has 0 aliphatic carbocycles. The van der Waals surface area contributed by atoms with Gasteiger partial charge in [0.05, 0.1) is 29.9 Å². The zero-order valence-corrected chi connectivity index (χ0v) is 21.7. The van der Waals surface area contributed by atoms with Crippen molar-refractivity contribution >= 4 is 23.2 Å². The van der Waals surface area contributed by atoms with E-state index in [0.717, 1.165) is 5.56 Å². The molecule has 5 rings (SSSR count). The minimum absolute atomic E-state index is 0.139. The van der Waals surface area contributed by atoms with Crippen LogP contribution in [-0.2, 0) is 13.1 Å². The molecule has 0 atom stereocenters. The van der Waals surface area contributed by atoms with Gasteiger partial charge in [0.15, 0.2) is 0 Å². The number of hydrogen-bond donors (Lipinski definition) is 1. The van der Waals surface area contributed by atoms with Crippen LogP contribution in [0.3, 0.4) is 0 Å². The second-order valence-electron chi connectivity index (χ2n) is 9.28. The van der Waals surface area contributed by atoms with Crippen LogP contribution in [0.4, 0.5) is 24.5 Å². The third-order valence-electron chi connectivity index (χ3n) is 6.52. The monoisotopic (exact) mass is 538 g/mol. The zero-order valence-electron chi connectivity index (χ0n) is 21.7. The van der Waals surface area contributed by atoms with Gasteiger partial charge in [0.1, 0.15) is 5.69 Å². The Morgan fingerprint density at radius 3 is 2.51 bits per heavy atom. The molecule has 2 aliphatic heterocycles. The fraction of sp³-hybridized carbons (Fsp3) is 0.357. The average molecular weight is 539 g/mol. The summed E-state index contributed by atoms with van der Waals surface area (Å²) in [5.74, 6) is -1.21. The van der Waals surface area contributed by atoms with Crippen molar-refractivity contribution in [2.24, 2.45) is 5.92 Å². The van der Waals surface area contributed by atoms with Crippen molar-refractivity contribution in [1.82, 2.24) is 14.7 Å². The number of carbonyl (C=O) groups is 2. The third-order valence-corrected chi connectivity index (χ3v) is 6.52. The normalized spacial score (nSPS) is 15.5. The number of alkyl halides is 3. The minimum Gasteiger partial charge on any atom is -0.322 e. The predicted molar refractivity (Wildman–Crippen MR) is 140 cm³/mol. The van der Waals surface area contributed by atoms with Gasteiger partial charge < -0.3 is 10.2 Å². The molecule has 1 aromatic heterocycles. The molecule has 204 valence electrons. The van der Waals surface area contributed by atoms with Gasteiger partial charge in [0.25, 0.3) is 11.8 Å². The number of carbonyl (C=O) groups excluding carboxylic acids is 2. The Hall–Kier alpha value is -4.17. The van der Waals surface area contributed by atoms with Gasteiger partial charge >= 0.3 is 6.18 Å². The van der Waals surface area contributed by atoms with E-state index >= 15 is 0 Å². The zero-order chi connectivity index (χ0) is 28.2. The van der Waals surface area contributed by atoms with Crippen LogP contribution >= 0.6 is 0 Å². The van der Waals surface area contributed by atoms with E-state index < -0.39 is 18.5 Å². The number of hydrogen-bond acceptors (Lipinski definition) is 5. The summed E-state index contributed by atoms with van der Waals surface area (Å²) in [5, 5.41) is 16.0. The highest BCUT2D eigenvalue weighted by atomic mass is 19.4. The van der Waals surface area contributed by atoms with Crippen LogP contribution in [0.5, 0.6) is 0 Å². The number of nitriles is 1. The first-order valence-corrected chi connectivity index (χ1v) is 12.8. The predicted octanol–water partition coefficient (Wildman–Crippen LogP) is 5.08. The number of halogens is 3. The molecule has 0 radical (unpaired) electrons. The van der Waals surface area contributed by atoms with Gasteiger partial charge in [0, 0.05) is 44.0 Å². The highest BCUT2D eigenvalue weighted by molar-refractivity contribution is 6.15. The number of anilines is 2. The van der Waals surface area contributed by atoms with Crippen molar-refractivity contribution in [3.8, 4) is 6.07 Å². The lowest BCUT2D eigenvalue weighted by Gasteiger charge is -2.39. The van der Waals surface area contributed by atoms with E-state index in [9.17, 15) is 22.8 Å². The van der Waals surface area contributed by atoms with E-state index in [1.807, 2.05) is 36.9 Å². The number of fused-ring (bicyclic) bond motifs is 1. The maximum atomic E-state index is 13.4. The van der Waals surface area contributed by atoms with Crippen LogP contribution in [0.25, 0.3) is 0 Å². The van der Waals surface area contributed by atoms with Crippen molar-refractivity contribution < 1.29 is 22.8 Å². The molecule has 1 fully saturated rings. The first-order chi connectivity index (χ1) is 18.7. The maximum absolute atomic E-state index is 13.4. The molecule has 1 N–H and O–H groups in total. The fourth-order valence-electron chi connectivity index (χ4n) is 4.78. The van der Waals surface area contributed by atoms with Crippen molar-refractivity contribution in [1.29, 1.82) is 5.26 Å². The lowest BCUT2D eigenvalue weighted by atomic mass is 9.95. The Morgan fingerprint density at radius 2 is 1.85 bits per heavy atom. The van der Waals surface area contributed by atoms with Crippen molar-refractivity contribution in [2.75, 3.05) is 29.9 Å². The lowest BCUT2D eigenvalue weighted by Crippen LogP contribution is -2.47. The SMILES string of the molecule is CC.N#Cc1cccc(NC(=O)c2cnn3c2C(=O)N(c2ccc(CN4CC(CC(F)(F)F)C4)cc2)CC3)c1. The summed E-state index contributed by atoms with van der Waals surface area (Å²) >= 11 is 0. The Labute approximate surface area is 224 Å². The second kappa shape index (κ2) is 11.7. The van der Waals surface area contributed by atoms with Crippen molar-refractivity contribution in [3.63, 3.8) is 0 Å². The Morgan fingerprint density at radius 1 is 1.13 bits per heavy atom. The van der Waals surface area contributed by atoms with Crippen LogP contribution in [0.15, 0.2) is 54.7 Å². The highest BCUT2D eigenvalue weighted by Crippen LogP contribution is 2.31. The molecule has 1 saturated heterocycles. The van der Waals surface area contributed by atoms with Gasteiger partial charge in [-0.05, 0) is 41.8 Å². The number of amides is 2. The van der Waals surface area contributed by atoms with Crippen molar-refractivity contribution in [2.45, 2.75) is 39.5 Å². The van der Waals surface area contributed by atoms with Crippen LogP contribution < -0.4 is 10.2 Å². The Bertz CT molecular complexity index is 1370. The summed E-state index contributed by atoms with van der Waals surface area (Å²) in [6, 6.07) is 15.8. The van der Waals surface area contributed by atoms with Gasteiger partial charge in [-0.25, -0.2) is 0 Å². The Kier molecular flexibility index (Phi) is 8.35. The molecular formula is C28H29F3N6O2. The average Bonchev–Trinajstić information content (AvgIpc) is 3.34. The Balaban J connectivity index is 0.00000172. The van der Waals surface area contributed by atoms with E-state index in [-0.39, 0.29) is 23.1 Å². The van der Waals surface area contributed by atoms with Crippen LogP contribution in [-0.4, -0.2) is 52.3 Å². The molecule has 2 aliphatic rings. The van der Waals surface area contributed by atoms with Crippen molar-refractivity contribution in [3.05, 3.63) is 77.1 Å². The molecule has 0 saturated carbocycles. The summed E-state index contributed by atoms with van der Waals surface area (Å²) < 4.78 is 39.0. The smallest absolute Gasteiger partial charge is 0.322 e. The molecule has 39 heavy (non-hydrogen) atoms. The molecule has 2 aromatic carbocycles. The van der Waals surface area contributed by atoms with Gasteiger partial charge in [0.2, 0.25) is 0 Å². The van der Waals surface area contributed by atoms with E-state index in [1.54, 1.807) is 41.3 Å². The molecule has 8 nitrogen and oxygen atoms in total. The van der Waals surface area contributed by atoms with Crippen LogP contribution in [0, 0.1) is 17.2 Å². The maximum Gasteiger partial charge on any atom is 0.389 e. The number of benzene rings is 2. The standard InChI is InChI=1S/C26H23F3N6O2.C2H6/c27-26(28,29)11-19-15-33(16-19)14-17-4-6-21(7-5-17)34-8-9-35-23(25(34)37)22(13-31-35)24(36)32-20-3-1-2-18(10-20)12-30;1-2/h1-7,10,13,19H,8-9,11,14-16H2,(H,32,36);1-2H3. The molecule has 3 aromatic rings. The molecule has 0 bridgehead atoms. The summed E-state index contributed by atoms with van der Waals surface area (Å²) in [6.45, 7) is 6.17. The highest BCUT2D eigenvalue weighted by Gasteiger charge is 2.38. The van der Waals surface area contributed by atoms with E-state index in [2.05, 4.69) is 10.4 Å². The molecule has 11 heteroatoms. The number of rotatable bonds is 6. The summed E-state index contributed by atoms with van der Waals surface area (Å²) in [6.07, 6.45) is -3.51. The summed E-state index contributed by atoms with van der Waals surface area (Å²) in [5.41, 5.74) is 2.76. The van der Waals surface area contributed by atoms with Gasteiger partial charge in [-0.15, -0.1) is 0 Å². The lowest BCUT2D eigenvalue weighted by molar-refractivity contribution is -0.156. The fourth-order valence-corrected chi connectivity index (χ4v) is 4.78. The summed E-state index contributed by atoms with van der Waals surface area (Å²) in [7, 11) is 0. The van der Waals surface area contributed by atoms with E-state index in [4.69, 9.17) is 5.26 Å². The molecule has 3 heterocycles. The number of nitrogens with one attached hydrogen (secondary N) is 1. The van der Waals surface area contributed by atoms with Gasteiger partial charge in [-0.1, -0.05) is 32.0 Å². The quantitative estimate of drug-likeness (QED) is 0.473. The molecule has 0 spiro atoms. The number of nitrogens with zero attached hydrogens (tertiary/aromatic N) is 5. The first kappa shape index (κ1) is 27.9. The molecule has 2 amide bonds. The van der Waals surface area contributed by atoms with Crippen LogP contribution in [0.2, 0.25) is 0 Å². The van der Waals surface area contributed by atoms with E-state index in [1.165, 1.54) is 10.9 Å². The third kappa shape index (κ3) is 6.46.